The molecular weight excluding hydrogens is 386 g/mol. The molecule has 0 radical (unpaired) electrons. The van der Waals surface area contributed by atoms with E-state index in [9.17, 15) is 8.78 Å². The number of anilines is 1. The summed E-state index contributed by atoms with van der Waals surface area (Å²) < 4.78 is 33.1. The Balaban J connectivity index is 1.66. The number of methoxy groups -OCH3 is 1. The van der Waals surface area contributed by atoms with Crippen molar-refractivity contribution in [2.45, 2.75) is 6.10 Å². The van der Waals surface area contributed by atoms with E-state index in [0.717, 1.165) is 35.9 Å². The number of benzene rings is 2. The largest absolute Gasteiger partial charge is 0.378 e. The van der Waals surface area contributed by atoms with Gasteiger partial charge in [0.1, 0.15) is 17.5 Å². The highest BCUT2D eigenvalue weighted by Gasteiger charge is 2.29. The Morgan fingerprint density at radius 1 is 1.00 bits per heavy atom. The molecule has 0 saturated carbocycles. The Bertz CT molecular complexity index is 1230. The Morgan fingerprint density at radius 3 is 2.60 bits per heavy atom. The Morgan fingerprint density at radius 2 is 1.87 bits per heavy atom. The van der Waals surface area contributed by atoms with Crippen LogP contribution in [-0.2, 0) is 4.74 Å². The molecule has 0 amide bonds. The van der Waals surface area contributed by atoms with Gasteiger partial charge in [-0.3, -0.25) is 4.98 Å². The van der Waals surface area contributed by atoms with E-state index < -0.39 is 11.6 Å². The second kappa shape index (κ2) is 7.42. The SMILES string of the molecule is COC1CN(c2nc(-c3cccnc3)nc3cc(-c4ccc(F)cc4F)ccc23)C1. The number of fused-ring (bicyclic) bond motifs is 1. The molecule has 5 rings (SSSR count). The molecule has 1 aliphatic heterocycles. The lowest BCUT2D eigenvalue weighted by molar-refractivity contribution is 0.0785. The lowest BCUT2D eigenvalue weighted by Crippen LogP contribution is -2.52. The average Bonchev–Trinajstić information content (AvgIpc) is 2.73. The van der Waals surface area contributed by atoms with Crippen LogP contribution in [0.15, 0.2) is 60.9 Å². The van der Waals surface area contributed by atoms with Crippen LogP contribution >= 0.6 is 0 Å². The minimum absolute atomic E-state index is 0.171. The van der Waals surface area contributed by atoms with Gasteiger partial charge in [0, 0.05) is 55.2 Å². The predicted octanol–water partition coefficient (Wildman–Crippen LogP) is 4.47. The van der Waals surface area contributed by atoms with Gasteiger partial charge in [-0.1, -0.05) is 6.07 Å². The molecule has 3 heterocycles. The smallest absolute Gasteiger partial charge is 0.163 e. The van der Waals surface area contributed by atoms with Crippen molar-refractivity contribution in [3.63, 3.8) is 0 Å². The third kappa shape index (κ3) is 3.27. The highest BCUT2D eigenvalue weighted by molar-refractivity contribution is 5.94. The van der Waals surface area contributed by atoms with Crippen LogP contribution in [0.1, 0.15) is 0 Å². The fraction of sp³-hybridized carbons (Fsp3) is 0.174. The number of halogens is 2. The molecular formula is C23H18F2N4O. The van der Waals surface area contributed by atoms with E-state index in [1.165, 1.54) is 12.1 Å². The number of ether oxygens (including phenoxy) is 1. The standard InChI is InChI=1S/C23H18F2N4O/c1-30-17-12-29(13-17)23-19-6-4-14(18-7-5-16(24)10-20(18)25)9-21(19)27-22(28-23)15-3-2-8-26-11-15/h2-11,17H,12-13H2,1H3. The van der Waals surface area contributed by atoms with E-state index >= 15 is 0 Å². The second-order valence-electron chi connectivity index (χ2n) is 7.23. The molecule has 2 aromatic carbocycles. The summed E-state index contributed by atoms with van der Waals surface area (Å²) in [6, 6.07) is 12.8. The van der Waals surface area contributed by atoms with Gasteiger partial charge in [0.05, 0.1) is 11.6 Å². The number of aromatic nitrogens is 3. The van der Waals surface area contributed by atoms with Gasteiger partial charge in [0.15, 0.2) is 5.82 Å². The molecule has 0 bridgehead atoms. The van der Waals surface area contributed by atoms with Crippen LogP contribution in [0.2, 0.25) is 0 Å². The minimum Gasteiger partial charge on any atom is -0.378 e. The first-order valence-electron chi connectivity index (χ1n) is 9.58. The number of pyridine rings is 1. The maximum absolute atomic E-state index is 14.3. The zero-order valence-corrected chi connectivity index (χ0v) is 16.2. The predicted molar refractivity (Wildman–Crippen MR) is 111 cm³/mol. The van der Waals surface area contributed by atoms with Gasteiger partial charge >= 0.3 is 0 Å². The summed E-state index contributed by atoms with van der Waals surface area (Å²) >= 11 is 0. The number of hydrogen-bond acceptors (Lipinski definition) is 5. The Kier molecular flexibility index (Phi) is 4.59. The van der Waals surface area contributed by atoms with E-state index in [2.05, 4.69) is 9.88 Å². The highest BCUT2D eigenvalue weighted by atomic mass is 19.1. The second-order valence-corrected chi connectivity index (χ2v) is 7.23. The summed E-state index contributed by atoms with van der Waals surface area (Å²) in [7, 11) is 1.70. The van der Waals surface area contributed by atoms with Crippen LogP contribution in [0.3, 0.4) is 0 Å². The van der Waals surface area contributed by atoms with Gasteiger partial charge in [0.2, 0.25) is 0 Å². The zero-order valence-electron chi connectivity index (χ0n) is 16.2. The summed E-state index contributed by atoms with van der Waals surface area (Å²) in [4.78, 5) is 15.8. The lowest BCUT2D eigenvalue weighted by Gasteiger charge is -2.39. The summed E-state index contributed by atoms with van der Waals surface area (Å²) in [5.41, 5.74) is 2.42. The average molecular weight is 404 g/mol. The fourth-order valence-corrected chi connectivity index (χ4v) is 3.63. The molecule has 30 heavy (non-hydrogen) atoms. The molecule has 0 unspecified atom stereocenters. The van der Waals surface area contributed by atoms with Crippen molar-refractivity contribution in [3.8, 4) is 22.5 Å². The normalized spacial score (nSPS) is 14.2. The summed E-state index contributed by atoms with van der Waals surface area (Å²) in [6.07, 6.45) is 3.58. The van der Waals surface area contributed by atoms with Gasteiger partial charge in [-0.2, -0.15) is 0 Å². The molecule has 7 heteroatoms. The van der Waals surface area contributed by atoms with Crippen LogP contribution < -0.4 is 4.90 Å². The summed E-state index contributed by atoms with van der Waals surface area (Å²) in [5, 5.41) is 0.864. The third-order valence-electron chi connectivity index (χ3n) is 5.32. The maximum Gasteiger partial charge on any atom is 0.163 e. The van der Waals surface area contributed by atoms with Crippen molar-refractivity contribution >= 4 is 16.7 Å². The number of rotatable bonds is 4. The number of nitrogens with zero attached hydrogens (tertiary/aromatic N) is 4. The molecule has 0 spiro atoms. The zero-order chi connectivity index (χ0) is 20.7. The van der Waals surface area contributed by atoms with Crippen molar-refractivity contribution in [2.24, 2.45) is 0 Å². The minimum atomic E-state index is -0.609. The highest BCUT2D eigenvalue weighted by Crippen LogP contribution is 2.33. The maximum atomic E-state index is 14.3. The van der Waals surface area contributed by atoms with Crippen molar-refractivity contribution in [1.82, 2.24) is 15.0 Å². The molecule has 0 N–H and O–H groups in total. The van der Waals surface area contributed by atoms with Gasteiger partial charge < -0.3 is 9.64 Å². The quantitative estimate of drug-likeness (QED) is 0.502. The molecule has 2 aromatic heterocycles. The van der Waals surface area contributed by atoms with Crippen LogP contribution in [0.25, 0.3) is 33.4 Å². The monoisotopic (exact) mass is 404 g/mol. The van der Waals surface area contributed by atoms with Crippen LogP contribution in [-0.4, -0.2) is 41.3 Å². The molecule has 1 aliphatic rings. The molecule has 1 saturated heterocycles. The van der Waals surface area contributed by atoms with Gasteiger partial charge in [-0.25, -0.2) is 18.7 Å². The van der Waals surface area contributed by atoms with Gasteiger partial charge in [0.25, 0.3) is 0 Å². The van der Waals surface area contributed by atoms with E-state index in [0.29, 0.717) is 22.5 Å². The molecule has 4 aromatic rings. The first-order chi connectivity index (χ1) is 14.6. The van der Waals surface area contributed by atoms with E-state index in [1.807, 2.05) is 30.3 Å². The molecule has 150 valence electrons. The first-order valence-corrected chi connectivity index (χ1v) is 9.58. The summed E-state index contributed by atoms with van der Waals surface area (Å²) in [5.74, 6) is 0.134. The van der Waals surface area contributed by atoms with E-state index in [1.54, 1.807) is 19.5 Å². The van der Waals surface area contributed by atoms with Crippen LogP contribution in [0.4, 0.5) is 14.6 Å². The molecule has 5 nitrogen and oxygen atoms in total. The van der Waals surface area contributed by atoms with Crippen molar-refractivity contribution in [3.05, 3.63) is 72.6 Å². The van der Waals surface area contributed by atoms with Crippen LogP contribution in [0, 0.1) is 11.6 Å². The van der Waals surface area contributed by atoms with Crippen molar-refractivity contribution < 1.29 is 13.5 Å². The third-order valence-corrected chi connectivity index (χ3v) is 5.32. The van der Waals surface area contributed by atoms with Crippen molar-refractivity contribution in [2.75, 3.05) is 25.1 Å². The van der Waals surface area contributed by atoms with Crippen molar-refractivity contribution in [1.29, 1.82) is 0 Å². The Hall–Kier alpha value is -3.45. The molecule has 1 fully saturated rings. The Labute approximate surface area is 172 Å². The van der Waals surface area contributed by atoms with Crippen LogP contribution in [0.5, 0.6) is 0 Å². The molecule has 0 atom stereocenters. The molecule has 0 aliphatic carbocycles. The lowest BCUT2D eigenvalue weighted by atomic mass is 10.0. The van der Waals surface area contributed by atoms with Gasteiger partial charge in [-0.15, -0.1) is 0 Å². The van der Waals surface area contributed by atoms with E-state index in [4.69, 9.17) is 14.7 Å². The topological polar surface area (TPSA) is 51.1 Å². The van der Waals surface area contributed by atoms with E-state index in [-0.39, 0.29) is 6.10 Å². The van der Waals surface area contributed by atoms with Gasteiger partial charge in [-0.05, 0) is 42.0 Å². The summed E-state index contributed by atoms with van der Waals surface area (Å²) in [6.45, 7) is 1.48. The fourth-order valence-electron chi connectivity index (χ4n) is 3.63. The number of hydrogen-bond donors (Lipinski definition) is 0. The first kappa shape index (κ1) is 18.6.